The van der Waals surface area contributed by atoms with E-state index in [0.29, 0.717) is 0 Å². The third kappa shape index (κ3) is 1.63. The lowest BCUT2D eigenvalue weighted by Gasteiger charge is -2.18. The van der Waals surface area contributed by atoms with Gasteiger partial charge in [0.05, 0.1) is 5.70 Å². The Bertz CT molecular complexity index is 652. The van der Waals surface area contributed by atoms with Gasteiger partial charge in [0.1, 0.15) is 0 Å². The van der Waals surface area contributed by atoms with Crippen molar-refractivity contribution < 1.29 is 4.79 Å². The average Bonchev–Trinajstić information content (AvgIpc) is 2.61. The number of ketones is 1. The van der Waals surface area contributed by atoms with Gasteiger partial charge in [0, 0.05) is 37.1 Å². The number of Topliss-reactive ketones (excluding diaryl/α,β-unsaturated/α-hetero) is 1. The molecule has 2 heterocycles. The van der Waals surface area contributed by atoms with Crippen LogP contribution >= 0.6 is 0 Å². The molecule has 0 amide bonds. The molecule has 1 aliphatic rings. The molecule has 3 heteroatoms. The Morgan fingerprint density at radius 3 is 2.89 bits per heavy atom. The number of aromatic nitrogens is 1. The molecule has 0 saturated carbocycles. The summed E-state index contributed by atoms with van der Waals surface area (Å²) in [5.41, 5.74) is 4.31. The molecular formula is C15H16N2O. The minimum atomic E-state index is 0.115. The van der Waals surface area contributed by atoms with Gasteiger partial charge in [0.2, 0.25) is 0 Å². The van der Waals surface area contributed by atoms with Crippen LogP contribution in [0.25, 0.3) is 17.0 Å². The molecule has 0 aliphatic carbocycles. The molecule has 0 fully saturated rings. The zero-order chi connectivity index (χ0) is 12.7. The summed E-state index contributed by atoms with van der Waals surface area (Å²) in [4.78, 5) is 17.1. The molecule has 1 aromatic carbocycles. The molecule has 3 rings (SSSR count). The fourth-order valence-corrected chi connectivity index (χ4v) is 2.63. The Morgan fingerprint density at radius 1 is 1.33 bits per heavy atom. The van der Waals surface area contributed by atoms with Gasteiger partial charge in [-0.3, -0.25) is 4.79 Å². The van der Waals surface area contributed by atoms with Crippen molar-refractivity contribution in [3.05, 3.63) is 41.2 Å². The van der Waals surface area contributed by atoms with E-state index in [-0.39, 0.29) is 5.78 Å². The van der Waals surface area contributed by atoms with E-state index in [2.05, 4.69) is 23.2 Å². The average molecular weight is 240 g/mol. The van der Waals surface area contributed by atoms with E-state index in [4.69, 9.17) is 0 Å². The van der Waals surface area contributed by atoms with Crippen LogP contribution in [0.1, 0.15) is 18.2 Å². The Hall–Kier alpha value is -2.03. The number of carbonyl (C=O) groups is 1. The summed E-state index contributed by atoms with van der Waals surface area (Å²) in [5, 5.41) is 1.27. The molecule has 0 saturated heterocycles. The molecule has 3 nitrogen and oxygen atoms in total. The highest BCUT2D eigenvalue weighted by molar-refractivity contribution is 5.98. The molecule has 1 aliphatic heterocycles. The Balaban J connectivity index is 2.23. The Labute approximate surface area is 106 Å². The van der Waals surface area contributed by atoms with Gasteiger partial charge in [-0.15, -0.1) is 0 Å². The van der Waals surface area contributed by atoms with Gasteiger partial charge in [-0.2, -0.15) is 0 Å². The maximum Gasteiger partial charge on any atom is 0.175 e. The quantitative estimate of drug-likeness (QED) is 0.831. The van der Waals surface area contributed by atoms with Crippen LogP contribution in [0.5, 0.6) is 0 Å². The van der Waals surface area contributed by atoms with E-state index < -0.39 is 0 Å². The molecule has 0 bridgehead atoms. The molecule has 0 radical (unpaired) electrons. The van der Waals surface area contributed by atoms with Crippen LogP contribution in [0.2, 0.25) is 0 Å². The van der Waals surface area contributed by atoms with Gasteiger partial charge in [-0.1, -0.05) is 18.2 Å². The lowest BCUT2D eigenvalue weighted by atomic mass is 10.1. The van der Waals surface area contributed by atoms with Crippen molar-refractivity contribution in [3.63, 3.8) is 0 Å². The van der Waals surface area contributed by atoms with Crippen LogP contribution in [0.15, 0.2) is 30.0 Å². The summed E-state index contributed by atoms with van der Waals surface area (Å²) in [5.74, 6) is 0.115. The highest BCUT2D eigenvalue weighted by Crippen LogP contribution is 2.27. The van der Waals surface area contributed by atoms with Crippen molar-refractivity contribution in [1.82, 2.24) is 9.88 Å². The van der Waals surface area contributed by atoms with E-state index in [1.807, 2.05) is 24.1 Å². The third-order valence-corrected chi connectivity index (χ3v) is 3.60. The number of hydrogen-bond donors (Lipinski definition) is 1. The van der Waals surface area contributed by atoms with Gasteiger partial charge in [-0.25, -0.2) is 0 Å². The Morgan fingerprint density at radius 2 is 2.11 bits per heavy atom. The molecule has 1 aromatic heterocycles. The summed E-state index contributed by atoms with van der Waals surface area (Å²) in [6, 6.07) is 8.30. The molecule has 0 unspecified atom stereocenters. The smallest absolute Gasteiger partial charge is 0.175 e. The predicted molar refractivity (Wildman–Crippen MR) is 73.3 cm³/mol. The van der Waals surface area contributed by atoms with E-state index in [9.17, 15) is 4.79 Å². The van der Waals surface area contributed by atoms with Gasteiger partial charge in [0.15, 0.2) is 5.78 Å². The number of nitrogens with one attached hydrogen (secondary N) is 1. The number of H-pyrrole nitrogens is 1. The largest absolute Gasteiger partial charge is 0.371 e. The van der Waals surface area contributed by atoms with E-state index in [0.717, 1.165) is 29.9 Å². The SMILES string of the molecule is CC(=O)C1=Cc2[nH]c3ccccc3c2CCN1C. The topological polar surface area (TPSA) is 36.1 Å². The number of likely N-dealkylation sites (N-methyl/N-ethyl adjacent to an activating group) is 1. The van der Waals surface area contributed by atoms with Crippen LogP contribution in [0.3, 0.4) is 0 Å². The number of para-hydroxylation sites is 1. The van der Waals surface area contributed by atoms with Crippen molar-refractivity contribution in [2.75, 3.05) is 13.6 Å². The first kappa shape index (κ1) is 11.1. The van der Waals surface area contributed by atoms with Crippen LogP contribution in [0, 0.1) is 0 Å². The Kier molecular flexibility index (Phi) is 2.47. The van der Waals surface area contributed by atoms with Gasteiger partial charge in [0.25, 0.3) is 0 Å². The fourth-order valence-electron chi connectivity index (χ4n) is 2.63. The lowest BCUT2D eigenvalue weighted by molar-refractivity contribution is -0.114. The fraction of sp³-hybridized carbons (Fsp3) is 0.267. The second kappa shape index (κ2) is 4.02. The third-order valence-electron chi connectivity index (χ3n) is 3.60. The van der Waals surface area contributed by atoms with E-state index in [1.54, 1.807) is 6.92 Å². The van der Waals surface area contributed by atoms with Gasteiger partial charge in [-0.05, 0) is 24.1 Å². The summed E-state index contributed by atoms with van der Waals surface area (Å²) < 4.78 is 0. The van der Waals surface area contributed by atoms with Crippen molar-refractivity contribution in [3.8, 4) is 0 Å². The van der Waals surface area contributed by atoms with Crippen LogP contribution < -0.4 is 0 Å². The number of hydrogen-bond acceptors (Lipinski definition) is 2. The zero-order valence-corrected chi connectivity index (χ0v) is 10.7. The standard InChI is InChI=1S/C15H16N2O/c1-10(18)15-9-14-12(7-8-17(15)2)11-5-3-4-6-13(11)16-14/h3-6,9,16H,7-8H2,1-2H3. The van der Waals surface area contributed by atoms with Crippen LogP contribution in [-0.4, -0.2) is 29.3 Å². The lowest BCUT2D eigenvalue weighted by Crippen LogP contribution is -2.23. The molecule has 92 valence electrons. The monoisotopic (exact) mass is 240 g/mol. The van der Waals surface area contributed by atoms with Gasteiger partial charge >= 0.3 is 0 Å². The van der Waals surface area contributed by atoms with E-state index in [1.165, 1.54) is 10.9 Å². The second-order valence-electron chi connectivity index (χ2n) is 4.82. The molecule has 0 spiro atoms. The highest BCUT2D eigenvalue weighted by atomic mass is 16.1. The molecule has 2 aromatic rings. The molecular weight excluding hydrogens is 224 g/mol. The van der Waals surface area contributed by atoms with Crippen molar-refractivity contribution in [2.24, 2.45) is 0 Å². The maximum atomic E-state index is 11.7. The number of aromatic amines is 1. The van der Waals surface area contributed by atoms with Crippen molar-refractivity contribution >= 4 is 22.8 Å². The van der Waals surface area contributed by atoms with Crippen LogP contribution in [-0.2, 0) is 11.2 Å². The number of benzene rings is 1. The van der Waals surface area contributed by atoms with Crippen molar-refractivity contribution in [2.45, 2.75) is 13.3 Å². The zero-order valence-electron chi connectivity index (χ0n) is 10.7. The second-order valence-corrected chi connectivity index (χ2v) is 4.82. The maximum absolute atomic E-state index is 11.7. The number of rotatable bonds is 1. The molecule has 0 atom stereocenters. The minimum Gasteiger partial charge on any atom is -0.371 e. The van der Waals surface area contributed by atoms with E-state index >= 15 is 0 Å². The van der Waals surface area contributed by atoms with Crippen molar-refractivity contribution in [1.29, 1.82) is 0 Å². The van der Waals surface area contributed by atoms with Crippen LogP contribution in [0.4, 0.5) is 0 Å². The molecule has 18 heavy (non-hydrogen) atoms. The summed E-state index contributed by atoms with van der Waals surface area (Å²) in [6.45, 7) is 2.50. The number of nitrogens with zero attached hydrogens (tertiary/aromatic N) is 1. The first-order valence-corrected chi connectivity index (χ1v) is 6.20. The predicted octanol–water partition coefficient (Wildman–Crippen LogP) is 2.59. The highest BCUT2D eigenvalue weighted by Gasteiger charge is 2.18. The first-order valence-electron chi connectivity index (χ1n) is 6.20. The minimum absolute atomic E-state index is 0.115. The first-order chi connectivity index (χ1) is 8.66. The summed E-state index contributed by atoms with van der Waals surface area (Å²) in [6.07, 6.45) is 2.94. The normalized spacial score (nSPS) is 15.2. The number of carbonyl (C=O) groups excluding carboxylic acids is 1. The summed E-state index contributed by atoms with van der Waals surface area (Å²) >= 11 is 0. The number of allylic oxidation sites excluding steroid dienone is 1. The summed E-state index contributed by atoms with van der Waals surface area (Å²) in [7, 11) is 1.97. The van der Waals surface area contributed by atoms with Gasteiger partial charge < -0.3 is 9.88 Å². The number of fused-ring (bicyclic) bond motifs is 3. The molecule has 1 N–H and O–H groups in total.